The molecule has 0 fully saturated rings. The number of hydrogen-bond acceptors (Lipinski definition) is 8. The maximum absolute atomic E-state index is 13.4. The van der Waals surface area contributed by atoms with Crippen LogP contribution in [0.4, 0.5) is 0 Å². The number of nitrogens with zero attached hydrogens (tertiary/aromatic N) is 3. The van der Waals surface area contributed by atoms with Gasteiger partial charge >= 0.3 is 5.97 Å². The summed E-state index contributed by atoms with van der Waals surface area (Å²) in [6.45, 7) is 5.76. The van der Waals surface area contributed by atoms with Gasteiger partial charge in [-0.15, -0.1) is 0 Å². The summed E-state index contributed by atoms with van der Waals surface area (Å²) < 4.78 is 32.0. The van der Waals surface area contributed by atoms with Gasteiger partial charge in [0.05, 0.1) is 22.6 Å². The molecule has 3 rings (SSSR count). The van der Waals surface area contributed by atoms with Crippen LogP contribution < -0.4 is 4.74 Å². The number of carbonyl (C=O) groups is 2. The van der Waals surface area contributed by atoms with Crippen molar-refractivity contribution in [3.05, 3.63) is 40.6 Å². The van der Waals surface area contributed by atoms with Crippen LogP contribution in [-0.4, -0.2) is 48.5 Å². The molecule has 0 aliphatic carbocycles. The van der Waals surface area contributed by atoms with E-state index in [0.29, 0.717) is 29.8 Å². The number of hydrogen-bond donors (Lipinski definition) is 0. The van der Waals surface area contributed by atoms with Gasteiger partial charge in [-0.2, -0.15) is 5.10 Å². The Balaban J connectivity index is 2.12. The first-order chi connectivity index (χ1) is 14.7. The van der Waals surface area contributed by atoms with Crippen LogP contribution in [0.25, 0.3) is 0 Å². The number of aromatic nitrogens is 2. The Labute approximate surface area is 180 Å². The number of ether oxygens (including phenoxy) is 1. The van der Waals surface area contributed by atoms with E-state index in [1.807, 2.05) is 13.8 Å². The molecule has 0 saturated carbocycles. The first-order valence-electron chi connectivity index (χ1n) is 10.0. The van der Waals surface area contributed by atoms with Crippen molar-refractivity contribution in [3.63, 3.8) is 0 Å². The number of fused-ring (bicyclic) bond motifs is 1. The number of oxime groups is 1. The van der Waals surface area contributed by atoms with E-state index in [1.165, 1.54) is 30.1 Å². The molecular weight excluding hydrogens is 422 g/mol. The zero-order valence-corrected chi connectivity index (χ0v) is 18.8. The lowest BCUT2D eigenvalue weighted by Gasteiger charge is -2.21. The van der Waals surface area contributed by atoms with E-state index in [0.717, 1.165) is 0 Å². The molecule has 2 heterocycles. The van der Waals surface area contributed by atoms with Gasteiger partial charge in [-0.05, 0) is 38.0 Å². The molecule has 2 aromatic rings. The molecule has 0 bridgehead atoms. The molecule has 1 aliphatic heterocycles. The molecule has 10 heteroatoms. The summed E-state index contributed by atoms with van der Waals surface area (Å²) in [5.74, 6) is -0.856. The fourth-order valence-electron chi connectivity index (χ4n) is 3.59. The number of esters is 1. The molecular formula is C21H25N3O6S. The Morgan fingerprint density at radius 3 is 2.61 bits per heavy atom. The average molecular weight is 448 g/mol. The molecule has 0 atom stereocenters. The third-order valence-corrected chi connectivity index (χ3v) is 6.86. The van der Waals surface area contributed by atoms with E-state index >= 15 is 0 Å². The summed E-state index contributed by atoms with van der Waals surface area (Å²) in [7, 11) is -2.10. The summed E-state index contributed by atoms with van der Waals surface area (Å²) in [5.41, 5.74) is 1.74. The van der Waals surface area contributed by atoms with Gasteiger partial charge < -0.3 is 9.57 Å². The summed E-state index contributed by atoms with van der Waals surface area (Å²) in [6.07, 6.45) is 2.38. The van der Waals surface area contributed by atoms with Crippen molar-refractivity contribution in [1.82, 2.24) is 9.78 Å². The number of sulfone groups is 1. The van der Waals surface area contributed by atoms with Crippen molar-refractivity contribution in [2.45, 2.75) is 51.5 Å². The van der Waals surface area contributed by atoms with Gasteiger partial charge in [-0.1, -0.05) is 12.1 Å². The lowest BCUT2D eigenvalue weighted by Crippen LogP contribution is -2.24. The van der Waals surface area contributed by atoms with Crippen molar-refractivity contribution in [2.75, 3.05) is 12.9 Å². The van der Waals surface area contributed by atoms with E-state index in [1.54, 1.807) is 6.92 Å². The Kier molecular flexibility index (Phi) is 6.59. The zero-order valence-electron chi connectivity index (χ0n) is 18.0. The fraction of sp³-hybridized carbons (Fsp3) is 0.429. The minimum atomic E-state index is -3.49. The van der Waals surface area contributed by atoms with Crippen molar-refractivity contribution < 1.29 is 27.6 Å². The molecule has 0 N–H and O–H groups in total. The SMILES string of the molecule is CCCC(=O)Oc1c(C(=O)c2ccc3c(c2C)/C(=N/OC)CCS3(=O)=O)cnn1CC. The van der Waals surface area contributed by atoms with Crippen molar-refractivity contribution in [2.24, 2.45) is 5.16 Å². The highest BCUT2D eigenvalue weighted by molar-refractivity contribution is 7.91. The summed E-state index contributed by atoms with van der Waals surface area (Å²) in [4.78, 5) is 30.5. The lowest BCUT2D eigenvalue weighted by molar-refractivity contribution is -0.134. The number of benzene rings is 1. The van der Waals surface area contributed by atoms with Gasteiger partial charge in [0, 0.05) is 30.5 Å². The van der Waals surface area contributed by atoms with Crippen LogP contribution in [0.3, 0.4) is 0 Å². The van der Waals surface area contributed by atoms with Crippen LogP contribution >= 0.6 is 0 Å². The highest BCUT2D eigenvalue weighted by Gasteiger charge is 2.32. The molecule has 1 aliphatic rings. The van der Waals surface area contributed by atoms with Gasteiger partial charge in [-0.25, -0.2) is 13.1 Å². The maximum Gasteiger partial charge on any atom is 0.312 e. The van der Waals surface area contributed by atoms with Crippen LogP contribution in [-0.2, 0) is 26.0 Å². The van der Waals surface area contributed by atoms with Gasteiger partial charge in [-0.3, -0.25) is 9.59 Å². The van der Waals surface area contributed by atoms with E-state index in [4.69, 9.17) is 9.57 Å². The molecule has 166 valence electrons. The second kappa shape index (κ2) is 9.01. The third kappa shape index (κ3) is 4.25. The normalized spacial score (nSPS) is 16.1. The highest BCUT2D eigenvalue weighted by Crippen LogP contribution is 2.32. The maximum atomic E-state index is 13.4. The average Bonchev–Trinajstić information content (AvgIpc) is 3.12. The second-order valence-electron chi connectivity index (χ2n) is 7.13. The Hall–Kier alpha value is -3.01. The van der Waals surface area contributed by atoms with E-state index in [9.17, 15) is 18.0 Å². The summed E-state index contributed by atoms with van der Waals surface area (Å²) in [6, 6.07) is 2.90. The summed E-state index contributed by atoms with van der Waals surface area (Å²) in [5, 5.41) is 8.13. The predicted molar refractivity (Wildman–Crippen MR) is 113 cm³/mol. The van der Waals surface area contributed by atoms with Crippen LogP contribution in [0.5, 0.6) is 5.88 Å². The first-order valence-corrected chi connectivity index (χ1v) is 11.7. The predicted octanol–water partition coefficient (Wildman–Crippen LogP) is 2.68. The molecule has 0 spiro atoms. The monoisotopic (exact) mass is 447 g/mol. The zero-order chi connectivity index (χ0) is 22.8. The van der Waals surface area contributed by atoms with Crippen molar-refractivity contribution in [3.8, 4) is 5.88 Å². The molecule has 9 nitrogen and oxygen atoms in total. The number of ketones is 1. The summed E-state index contributed by atoms with van der Waals surface area (Å²) >= 11 is 0. The quantitative estimate of drug-likeness (QED) is 0.364. The largest absolute Gasteiger partial charge is 0.407 e. The minimum absolute atomic E-state index is 0.0737. The minimum Gasteiger partial charge on any atom is -0.407 e. The van der Waals surface area contributed by atoms with E-state index in [2.05, 4.69) is 10.3 Å². The number of carbonyl (C=O) groups excluding carboxylic acids is 2. The Morgan fingerprint density at radius 2 is 1.97 bits per heavy atom. The Bertz CT molecular complexity index is 1160. The molecule has 0 amide bonds. The Morgan fingerprint density at radius 1 is 1.23 bits per heavy atom. The smallest absolute Gasteiger partial charge is 0.312 e. The van der Waals surface area contributed by atoms with E-state index < -0.39 is 21.6 Å². The lowest BCUT2D eigenvalue weighted by atomic mass is 9.93. The van der Waals surface area contributed by atoms with Crippen LogP contribution in [0, 0.1) is 6.92 Å². The molecule has 0 unspecified atom stereocenters. The van der Waals surface area contributed by atoms with E-state index in [-0.39, 0.29) is 40.5 Å². The van der Waals surface area contributed by atoms with Crippen LogP contribution in [0.15, 0.2) is 28.4 Å². The standard InChI is InChI=1S/C21H25N3O6S/c1-5-7-18(25)30-21-15(12-22-24(21)6-2)20(26)14-8-9-17-19(13(14)3)16(23-29-4)10-11-31(17,27)28/h8-9,12H,5-7,10-11H2,1-4H3/b23-16+. The van der Waals surface area contributed by atoms with Gasteiger partial charge in [0.25, 0.3) is 0 Å². The van der Waals surface area contributed by atoms with Crippen molar-refractivity contribution >= 4 is 27.3 Å². The topological polar surface area (TPSA) is 117 Å². The fourth-order valence-corrected chi connectivity index (χ4v) is 5.13. The van der Waals surface area contributed by atoms with Crippen molar-refractivity contribution in [1.29, 1.82) is 0 Å². The molecule has 0 saturated heterocycles. The highest BCUT2D eigenvalue weighted by atomic mass is 32.2. The number of aryl methyl sites for hydroxylation is 1. The molecule has 1 aromatic heterocycles. The van der Waals surface area contributed by atoms with Gasteiger partial charge in [0.15, 0.2) is 15.6 Å². The second-order valence-corrected chi connectivity index (χ2v) is 9.21. The first kappa shape index (κ1) is 22.7. The molecule has 1 aromatic carbocycles. The third-order valence-electron chi connectivity index (χ3n) is 5.10. The van der Waals surface area contributed by atoms with Crippen LogP contribution in [0.1, 0.15) is 60.2 Å². The molecule has 31 heavy (non-hydrogen) atoms. The van der Waals surface area contributed by atoms with Gasteiger partial charge in [0.1, 0.15) is 12.7 Å². The van der Waals surface area contributed by atoms with Gasteiger partial charge in [0.2, 0.25) is 5.88 Å². The number of rotatable bonds is 7. The van der Waals surface area contributed by atoms with Crippen LogP contribution in [0.2, 0.25) is 0 Å². The molecule has 0 radical (unpaired) electrons.